The van der Waals surface area contributed by atoms with Crippen LogP contribution in [0.15, 0.2) is 22.7 Å². The van der Waals surface area contributed by atoms with Crippen molar-refractivity contribution in [2.45, 2.75) is 19.8 Å². The van der Waals surface area contributed by atoms with Gasteiger partial charge in [-0.05, 0) is 51.1 Å². The van der Waals surface area contributed by atoms with Crippen LogP contribution in [-0.4, -0.2) is 25.6 Å². The molecule has 5 heteroatoms. The summed E-state index contributed by atoms with van der Waals surface area (Å²) in [5.41, 5.74) is 0.736. The van der Waals surface area contributed by atoms with Gasteiger partial charge in [-0.25, -0.2) is 0 Å². The zero-order valence-electron chi connectivity index (χ0n) is 11.0. The molecule has 0 spiro atoms. The maximum Gasteiger partial charge on any atom is 0.227 e. The molecule has 2 N–H and O–H groups in total. The second-order valence-corrected chi connectivity index (χ2v) is 5.50. The zero-order chi connectivity index (χ0) is 13.7. The highest BCUT2D eigenvalue weighted by Gasteiger charge is 2.21. The molecule has 19 heavy (non-hydrogen) atoms. The van der Waals surface area contributed by atoms with E-state index < -0.39 is 0 Å². The van der Waals surface area contributed by atoms with Crippen molar-refractivity contribution in [1.82, 2.24) is 5.32 Å². The molecular formula is C14H19BrN2O2. The van der Waals surface area contributed by atoms with E-state index in [-0.39, 0.29) is 11.8 Å². The molecule has 0 atom stereocenters. The molecule has 1 saturated heterocycles. The van der Waals surface area contributed by atoms with Crippen molar-refractivity contribution in [3.05, 3.63) is 22.7 Å². The number of piperidine rings is 1. The molecule has 0 saturated carbocycles. The fourth-order valence-electron chi connectivity index (χ4n) is 2.20. The lowest BCUT2D eigenvalue weighted by Gasteiger charge is -2.22. The number of ether oxygens (including phenoxy) is 1. The molecular weight excluding hydrogens is 308 g/mol. The molecule has 0 aliphatic carbocycles. The lowest BCUT2D eigenvalue weighted by Crippen LogP contribution is -2.34. The Kier molecular flexibility index (Phi) is 5.22. The molecule has 1 aromatic carbocycles. The normalized spacial score (nSPS) is 16.1. The summed E-state index contributed by atoms with van der Waals surface area (Å²) in [4.78, 5) is 12.2. The summed E-state index contributed by atoms with van der Waals surface area (Å²) >= 11 is 3.42. The van der Waals surface area contributed by atoms with Gasteiger partial charge < -0.3 is 15.4 Å². The number of hydrogen-bond acceptors (Lipinski definition) is 3. The van der Waals surface area contributed by atoms with E-state index in [0.717, 1.165) is 36.1 Å². The third kappa shape index (κ3) is 3.94. The minimum Gasteiger partial charge on any atom is -0.492 e. The number of nitrogens with one attached hydrogen (secondary N) is 2. The highest BCUT2D eigenvalue weighted by atomic mass is 79.9. The van der Waals surface area contributed by atoms with Gasteiger partial charge >= 0.3 is 0 Å². The fraction of sp³-hybridized carbons (Fsp3) is 0.500. The molecule has 1 aliphatic rings. The van der Waals surface area contributed by atoms with Gasteiger partial charge in [-0.1, -0.05) is 15.9 Å². The predicted octanol–water partition coefficient (Wildman–Crippen LogP) is 2.79. The third-order valence-corrected chi connectivity index (χ3v) is 3.70. The van der Waals surface area contributed by atoms with E-state index in [1.54, 1.807) is 0 Å². The highest BCUT2D eigenvalue weighted by molar-refractivity contribution is 9.10. The van der Waals surface area contributed by atoms with Gasteiger partial charge in [0, 0.05) is 10.4 Å². The summed E-state index contributed by atoms with van der Waals surface area (Å²) in [5.74, 6) is 0.892. The molecule has 1 fully saturated rings. The topological polar surface area (TPSA) is 50.4 Å². The van der Waals surface area contributed by atoms with E-state index in [4.69, 9.17) is 4.74 Å². The van der Waals surface area contributed by atoms with Gasteiger partial charge in [0.1, 0.15) is 5.75 Å². The molecule has 0 radical (unpaired) electrons. The van der Waals surface area contributed by atoms with Gasteiger partial charge in [0.2, 0.25) is 5.91 Å². The second-order valence-electron chi connectivity index (χ2n) is 4.59. The van der Waals surface area contributed by atoms with Gasteiger partial charge in [0.25, 0.3) is 0 Å². The summed E-state index contributed by atoms with van der Waals surface area (Å²) in [7, 11) is 0. The Bertz CT molecular complexity index is 445. The van der Waals surface area contributed by atoms with Gasteiger partial charge in [-0.15, -0.1) is 0 Å². The number of hydrogen-bond donors (Lipinski definition) is 2. The first-order chi connectivity index (χ1) is 9.20. The number of rotatable bonds is 4. The van der Waals surface area contributed by atoms with Gasteiger partial charge in [-0.3, -0.25) is 4.79 Å². The van der Waals surface area contributed by atoms with Crippen LogP contribution in [0.25, 0.3) is 0 Å². The molecule has 0 aromatic heterocycles. The molecule has 2 rings (SSSR count). The zero-order valence-corrected chi connectivity index (χ0v) is 12.6. The average molecular weight is 327 g/mol. The van der Waals surface area contributed by atoms with Crippen LogP contribution in [0.1, 0.15) is 19.8 Å². The predicted molar refractivity (Wildman–Crippen MR) is 79.5 cm³/mol. The molecule has 0 bridgehead atoms. The number of amides is 1. The number of carbonyl (C=O) groups is 1. The van der Waals surface area contributed by atoms with Crippen LogP contribution in [-0.2, 0) is 4.79 Å². The lowest BCUT2D eigenvalue weighted by molar-refractivity contribution is -0.120. The second kappa shape index (κ2) is 6.91. The Morgan fingerprint density at radius 2 is 2.21 bits per heavy atom. The lowest BCUT2D eigenvalue weighted by atomic mass is 9.97. The standard InChI is InChI=1S/C14H19BrN2O2/c1-2-19-13-4-3-11(15)9-12(13)17-14(18)10-5-7-16-8-6-10/h3-4,9-10,16H,2,5-8H2,1H3,(H,17,18). The van der Waals surface area contributed by atoms with E-state index in [1.165, 1.54) is 0 Å². The van der Waals surface area contributed by atoms with E-state index in [9.17, 15) is 4.79 Å². The van der Waals surface area contributed by atoms with Crippen molar-refractivity contribution in [3.8, 4) is 5.75 Å². The van der Waals surface area contributed by atoms with Crippen molar-refractivity contribution < 1.29 is 9.53 Å². The monoisotopic (exact) mass is 326 g/mol. The van der Waals surface area contributed by atoms with Crippen LogP contribution in [0.2, 0.25) is 0 Å². The number of carbonyl (C=O) groups excluding carboxylic acids is 1. The molecule has 1 heterocycles. The minimum absolute atomic E-state index is 0.0838. The quantitative estimate of drug-likeness (QED) is 0.894. The highest BCUT2D eigenvalue weighted by Crippen LogP contribution is 2.29. The van der Waals surface area contributed by atoms with Crippen LogP contribution in [0, 0.1) is 5.92 Å². The largest absolute Gasteiger partial charge is 0.492 e. The third-order valence-electron chi connectivity index (χ3n) is 3.21. The van der Waals surface area contributed by atoms with Gasteiger partial charge in [0.05, 0.1) is 12.3 Å². The smallest absolute Gasteiger partial charge is 0.227 e. The molecule has 104 valence electrons. The minimum atomic E-state index is 0.0838. The van der Waals surface area contributed by atoms with Gasteiger partial charge in [-0.2, -0.15) is 0 Å². The first kappa shape index (κ1) is 14.3. The van der Waals surface area contributed by atoms with E-state index >= 15 is 0 Å². The summed E-state index contributed by atoms with van der Waals surface area (Å²) in [5, 5.41) is 6.25. The first-order valence-corrected chi connectivity index (χ1v) is 7.44. The Labute approximate surface area is 122 Å². The molecule has 0 unspecified atom stereocenters. The summed E-state index contributed by atoms with van der Waals surface area (Å²) in [6, 6.07) is 5.65. The average Bonchev–Trinajstić information content (AvgIpc) is 2.43. The first-order valence-electron chi connectivity index (χ1n) is 6.64. The maximum absolute atomic E-state index is 12.2. The van der Waals surface area contributed by atoms with Crippen molar-refractivity contribution >= 4 is 27.5 Å². The SMILES string of the molecule is CCOc1ccc(Br)cc1NC(=O)C1CCNCC1. The molecule has 4 nitrogen and oxygen atoms in total. The van der Waals surface area contributed by atoms with Crippen LogP contribution >= 0.6 is 15.9 Å². The van der Waals surface area contributed by atoms with Gasteiger partial charge in [0.15, 0.2) is 0 Å². The molecule has 1 aliphatic heterocycles. The van der Waals surface area contributed by atoms with Crippen molar-refractivity contribution in [2.24, 2.45) is 5.92 Å². The molecule has 1 aromatic rings. The Morgan fingerprint density at radius 3 is 2.89 bits per heavy atom. The number of halogens is 1. The van der Waals surface area contributed by atoms with Crippen molar-refractivity contribution in [1.29, 1.82) is 0 Å². The Morgan fingerprint density at radius 1 is 1.47 bits per heavy atom. The van der Waals surface area contributed by atoms with E-state index in [1.807, 2.05) is 25.1 Å². The Hall–Kier alpha value is -1.07. The summed E-state index contributed by atoms with van der Waals surface area (Å²) in [6.45, 7) is 4.34. The molecule has 1 amide bonds. The maximum atomic E-state index is 12.2. The fourth-order valence-corrected chi connectivity index (χ4v) is 2.56. The Balaban J connectivity index is 2.08. The van der Waals surface area contributed by atoms with Crippen LogP contribution in [0.4, 0.5) is 5.69 Å². The van der Waals surface area contributed by atoms with Crippen LogP contribution < -0.4 is 15.4 Å². The van der Waals surface area contributed by atoms with Crippen molar-refractivity contribution in [3.63, 3.8) is 0 Å². The summed E-state index contributed by atoms with van der Waals surface area (Å²) < 4.78 is 6.46. The van der Waals surface area contributed by atoms with Crippen molar-refractivity contribution in [2.75, 3.05) is 25.0 Å². The number of anilines is 1. The van der Waals surface area contributed by atoms with E-state index in [2.05, 4.69) is 26.6 Å². The van der Waals surface area contributed by atoms with Crippen LogP contribution in [0.5, 0.6) is 5.75 Å². The number of benzene rings is 1. The van der Waals surface area contributed by atoms with Crippen LogP contribution in [0.3, 0.4) is 0 Å². The van der Waals surface area contributed by atoms with E-state index in [0.29, 0.717) is 12.4 Å². The summed E-state index contributed by atoms with van der Waals surface area (Å²) in [6.07, 6.45) is 1.79.